The summed E-state index contributed by atoms with van der Waals surface area (Å²) in [4.78, 5) is 15.0. The van der Waals surface area contributed by atoms with Crippen LogP contribution in [-0.4, -0.2) is 37.8 Å². The average molecular weight is 293 g/mol. The summed E-state index contributed by atoms with van der Waals surface area (Å²) in [5.74, 6) is 1.83. The third-order valence-corrected chi connectivity index (χ3v) is 3.73. The molecule has 0 bridgehead atoms. The second-order valence-corrected chi connectivity index (χ2v) is 5.38. The Balaban J connectivity index is 1.84. The fourth-order valence-corrected chi connectivity index (χ4v) is 2.77. The smallest absolute Gasteiger partial charge is 0.256 e. The van der Waals surface area contributed by atoms with Gasteiger partial charge in [0, 0.05) is 25.5 Å². The van der Waals surface area contributed by atoms with Crippen LogP contribution in [0.2, 0.25) is 5.28 Å². The summed E-state index contributed by atoms with van der Waals surface area (Å²) in [5, 5.41) is 4.33. The van der Waals surface area contributed by atoms with Gasteiger partial charge in [-0.15, -0.1) is 0 Å². The van der Waals surface area contributed by atoms with Crippen LogP contribution in [0, 0.1) is 5.92 Å². The van der Waals surface area contributed by atoms with Crippen molar-refractivity contribution in [3.05, 3.63) is 23.7 Å². The highest BCUT2D eigenvalue weighted by Crippen LogP contribution is 2.24. The fraction of sp³-hybridized carbons (Fsp3) is 0.538. The van der Waals surface area contributed by atoms with E-state index in [9.17, 15) is 0 Å². The fourth-order valence-electron chi connectivity index (χ4n) is 2.62. The number of rotatable bonds is 4. The first-order chi connectivity index (χ1) is 9.76. The minimum absolute atomic E-state index is 0.208. The maximum Gasteiger partial charge on any atom is 0.256 e. The zero-order valence-electron chi connectivity index (χ0n) is 11.4. The van der Waals surface area contributed by atoms with Crippen LogP contribution < -0.4 is 4.90 Å². The molecule has 3 heterocycles. The third-order valence-electron chi connectivity index (χ3n) is 3.56. The Morgan fingerprint density at radius 2 is 2.15 bits per heavy atom. The first kappa shape index (κ1) is 13.3. The van der Waals surface area contributed by atoms with Crippen LogP contribution in [0.1, 0.15) is 26.2 Å². The average Bonchev–Trinajstić information content (AvgIpc) is 3.09. The van der Waals surface area contributed by atoms with Crippen molar-refractivity contribution >= 4 is 17.5 Å². The second-order valence-electron chi connectivity index (χ2n) is 5.04. The van der Waals surface area contributed by atoms with Crippen LogP contribution in [0.5, 0.6) is 0 Å². The van der Waals surface area contributed by atoms with E-state index in [1.54, 1.807) is 17.1 Å². The summed E-state index contributed by atoms with van der Waals surface area (Å²) in [6.45, 7) is 4.19. The van der Waals surface area contributed by atoms with Crippen molar-refractivity contribution in [1.82, 2.24) is 24.7 Å². The second kappa shape index (κ2) is 5.75. The van der Waals surface area contributed by atoms with Crippen LogP contribution >= 0.6 is 11.6 Å². The van der Waals surface area contributed by atoms with Crippen molar-refractivity contribution < 1.29 is 0 Å². The van der Waals surface area contributed by atoms with Crippen LogP contribution in [0.15, 0.2) is 18.5 Å². The molecule has 0 amide bonds. The molecule has 106 valence electrons. The van der Waals surface area contributed by atoms with E-state index >= 15 is 0 Å². The van der Waals surface area contributed by atoms with E-state index in [1.165, 1.54) is 19.3 Å². The first-order valence-electron chi connectivity index (χ1n) is 6.93. The molecule has 0 aliphatic carbocycles. The van der Waals surface area contributed by atoms with Crippen molar-refractivity contribution in [2.24, 2.45) is 5.92 Å². The molecule has 2 aromatic heterocycles. The van der Waals surface area contributed by atoms with E-state index in [4.69, 9.17) is 11.6 Å². The van der Waals surface area contributed by atoms with Gasteiger partial charge in [0.05, 0.1) is 0 Å². The van der Waals surface area contributed by atoms with E-state index in [1.807, 2.05) is 6.07 Å². The lowest BCUT2D eigenvalue weighted by Gasteiger charge is -2.16. The third kappa shape index (κ3) is 2.75. The van der Waals surface area contributed by atoms with Crippen molar-refractivity contribution in [2.75, 3.05) is 18.0 Å². The molecule has 1 aliphatic rings. The summed E-state index contributed by atoms with van der Waals surface area (Å²) >= 11 is 6.01. The largest absolute Gasteiger partial charge is 0.340 e. The highest BCUT2D eigenvalue weighted by molar-refractivity contribution is 6.28. The van der Waals surface area contributed by atoms with Crippen LogP contribution in [-0.2, 0) is 0 Å². The highest BCUT2D eigenvalue weighted by atomic mass is 35.5. The number of anilines is 1. The number of halogens is 1. The molecule has 1 unspecified atom stereocenters. The topological polar surface area (TPSA) is 59.7 Å². The quantitative estimate of drug-likeness (QED) is 0.865. The van der Waals surface area contributed by atoms with E-state index in [0.717, 1.165) is 19.0 Å². The summed E-state index contributed by atoms with van der Waals surface area (Å²) in [5.41, 5.74) is 0. The van der Waals surface area contributed by atoms with Gasteiger partial charge in [0.15, 0.2) is 0 Å². The molecule has 0 saturated carbocycles. The normalized spacial score (nSPS) is 18.7. The minimum atomic E-state index is 0.208. The molecule has 6 nitrogen and oxygen atoms in total. The molecule has 0 N–H and O–H groups in total. The summed E-state index contributed by atoms with van der Waals surface area (Å²) < 4.78 is 1.59. The first-order valence-corrected chi connectivity index (χ1v) is 7.30. The van der Waals surface area contributed by atoms with Gasteiger partial charge in [0.1, 0.15) is 0 Å². The monoisotopic (exact) mass is 292 g/mol. The number of hydrogen-bond acceptors (Lipinski definition) is 5. The summed E-state index contributed by atoms with van der Waals surface area (Å²) in [6, 6.07) is 1.82. The molecule has 0 spiro atoms. The Morgan fingerprint density at radius 1 is 1.30 bits per heavy atom. The van der Waals surface area contributed by atoms with E-state index < -0.39 is 0 Å². The Kier molecular flexibility index (Phi) is 3.82. The van der Waals surface area contributed by atoms with Gasteiger partial charge in [-0.3, -0.25) is 0 Å². The lowest BCUT2D eigenvalue weighted by molar-refractivity contribution is 0.529. The maximum absolute atomic E-state index is 6.01. The standard InChI is InChI=1S/C13H17ClN6/c1-2-4-10-5-8-19(9-10)12-16-11(14)17-13(18-12)20-7-3-6-15-20/h3,6-7,10H,2,4-5,8-9H2,1H3. The highest BCUT2D eigenvalue weighted by Gasteiger charge is 2.24. The molecule has 0 aromatic carbocycles. The van der Waals surface area contributed by atoms with E-state index in [2.05, 4.69) is 31.9 Å². The van der Waals surface area contributed by atoms with Crippen molar-refractivity contribution in [2.45, 2.75) is 26.2 Å². The van der Waals surface area contributed by atoms with Crippen molar-refractivity contribution in [1.29, 1.82) is 0 Å². The molecule has 1 aliphatic heterocycles. The molecule has 1 fully saturated rings. The SMILES string of the molecule is CCCC1CCN(c2nc(Cl)nc(-n3cccn3)n2)C1. The van der Waals surface area contributed by atoms with Crippen molar-refractivity contribution in [3.8, 4) is 5.95 Å². The van der Waals surface area contributed by atoms with Gasteiger partial charge in [-0.2, -0.15) is 20.1 Å². The molecule has 7 heteroatoms. The minimum Gasteiger partial charge on any atom is -0.340 e. The van der Waals surface area contributed by atoms with Crippen LogP contribution in [0.4, 0.5) is 5.95 Å². The Labute approximate surface area is 122 Å². The maximum atomic E-state index is 6.01. The lowest BCUT2D eigenvalue weighted by Crippen LogP contribution is -2.23. The molecule has 20 heavy (non-hydrogen) atoms. The van der Waals surface area contributed by atoms with Gasteiger partial charge in [-0.05, 0) is 36.4 Å². The number of nitrogens with zero attached hydrogens (tertiary/aromatic N) is 6. The summed E-state index contributed by atoms with van der Waals surface area (Å²) in [6.07, 6.45) is 7.13. The van der Waals surface area contributed by atoms with Gasteiger partial charge in [-0.25, -0.2) is 4.68 Å². The van der Waals surface area contributed by atoms with Gasteiger partial charge in [-0.1, -0.05) is 13.3 Å². The van der Waals surface area contributed by atoms with Gasteiger partial charge >= 0.3 is 0 Å². The Hall–Kier alpha value is -1.69. The molecule has 1 saturated heterocycles. The van der Waals surface area contributed by atoms with Gasteiger partial charge in [0.2, 0.25) is 11.2 Å². The molecular formula is C13H17ClN6. The Bertz CT molecular complexity index is 570. The molecule has 0 radical (unpaired) electrons. The van der Waals surface area contributed by atoms with Crippen molar-refractivity contribution in [3.63, 3.8) is 0 Å². The van der Waals surface area contributed by atoms with Crippen LogP contribution in [0.25, 0.3) is 5.95 Å². The van der Waals surface area contributed by atoms with Crippen LogP contribution in [0.3, 0.4) is 0 Å². The van der Waals surface area contributed by atoms with Gasteiger partial charge in [0.25, 0.3) is 5.95 Å². The van der Waals surface area contributed by atoms with E-state index in [-0.39, 0.29) is 5.28 Å². The zero-order chi connectivity index (χ0) is 13.9. The molecule has 2 aromatic rings. The van der Waals surface area contributed by atoms with E-state index in [0.29, 0.717) is 11.9 Å². The summed E-state index contributed by atoms with van der Waals surface area (Å²) in [7, 11) is 0. The molecular weight excluding hydrogens is 276 g/mol. The molecule has 1 atom stereocenters. The number of aromatic nitrogens is 5. The predicted octanol–water partition coefficient (Wildman–Crippen LogP) is 2.34. The van der Waals surface area contributed by atoms with Gasteiger partial charge < -0.3 is 4.90 Å². The Morgan fingerprint density at radius 3 is 2.90 bits per heavy atom. The predicted molar refractivity (Wildman–Crippen MR) is 77.2 cm³/mol. The molecule has 3 rings (SSSR count). The number of hydrogen-bond donors (Lipinski definition) is 0. The lowest BCUT2D eigenvalue weighted by atomic mass is 10.0. The zero-order valence-corrected chi connectivity index (χ0v) is 12.2.